The minimum Gasteiger partial charge on any atom is -0.353 e. The summed E-state index contributed by atoms with van der Waals surface area (Å²) in [7, 11) is 0. The number of piperidine rings is 1. The van der Waals surface area contributed by atoms with Crippen LogP contribution in [0.5, 0.6) is 0 Å². The van der Waals surface area contributed by atoms with Gasteiger partial charge in [-0.15, -0.1) is 0 Å². The fraction of sp³-hybridized carbons (Fsp3) is 0.846. The first-order chi connectivity index (χ1) is 8.56. The van der Waals surface area contributed by atoms with Crippen molar-refractivity contribution in [1.29, 1.82) is 0 Å². The van der Waals surface area contributed by atoms with Crippen molar-refractivity contribution in [1.82, 2.24) is 10.2 Å². The Hall–Kier alpha value is -1.10. The van der Waals surface area contributed by atoms with Gasteiger partial charge in [-0.25, -0.2) is 0 Å². The summed E-state index contributed by atoms with van der Waals surface area (Å²) in [5, 5.41) is 2.80. The average Bonchev–Trinajstić information content (AvgIpc) is 2.34. The number of carbonyl (C=O) groups excluding carboxylic acids is 2. The number of nitrogens with one attached hydrogen (secondary N) is 1. The maximum Gasteiger partial charge on any atom is 0.242 e. The molecule has 3 N–H and O–H groups in total. The summed E-state index contributed by atoms with van der Waals surface area (Å²) in [6.07, 6.45) is 3.21. The Morgan fingerprint density at radius 1 is 1.44 bits per heavy atom. The van der Waals surface area contributed by atoms with Crippen LogP contribution in [-0.2, 0) is 9.59 Å². The predicted molar refractivity (Wildman–Crippen MR) is 70.9 cm³/mol. The van der Waals surface area contributed by atoms with E-state index in [1.165, 1.54) is 0 Å². The Morgan fingerprint density at radius 3 is 2.72 bits per heavy atom. The van der Waals surface area contributed by atoms with Gasteiger partial charge in [-0.05, 0) is 25.2 Å². The summed E-state index contributed by atoms with van der Waals surface area (Å²) < 4.78 is 0. The van der Waals surface area contributed by atoms with Crippen molar-refractivity contribution in [2.24, 2.45) is 11.7 Å². The average molecular weight is 255 g/mol. The van der Waals surface area contributed by atoms with Gasteiger partial charge in [0.2, 0.25) is 11.8 Å². The van der Waals surface area contributed by atoms with Gasteiger partial charge in [0.05, 0.1) is 0 Å². The first-order valence-electron chi connectivity index (χ1n) is 6.83. The van der Waals surface area contributed by atoms with Crippen LogP contribution < -0.4 is 11.1 Å². The number of rotatable bonds is 6. The Balaban J connectivity index is 2.69. The largest absolute Gasteiger partial charge is 0.353 e. The molecule has 0 spiro atoms. The van der Waals surface area contributed by atoms with E-state index in [9.17, 15) is 9.59 Å². The summed E-state index contributed by atoms with van der Waals surface area (Å²) in [6, 6.07) is -0.329. The first kappa shape index (κ1) is 15.0. The summed E-state index contributed by atoms with van der Waals surface area (Å²) in [6.45, 7) is 5.73. The monoisotopic (exact) mass is 255 g/mol. The third kappa shape index (κ3) is 4.29. The number of amides is 2. The van der Waals surface area contributed by atoms with Crippen LogP contribution in [0.2, 0.25) is 0 Å². The van der Waals surface area contributed by atoms with E-state index >= 15 is 0 Å². The number of nitrogens with two attached hydrogens (primary N) is 1. The molecule has 0 bridgehead atoms. The number of carbonyl (C=O) groups is 2. The quantitative estimate of drug-likeness (QED) is 0.725. The van der Waals surface area contributed by atoms with Crippen LogP contribution in [0.1, 0.15) is 39.5 Å². The molecule has 0 radical (unpaired) electrons. The van der Waals surface area contributed by atoms with Crippen molar-refractivity contribution in [3.63, 3.8) is 0 Å². The Morgan fingerprint density at radius 2 is 2.17 bits per heavy atom. The van der Waals surface area contributed by atoms with E-state index in [-0.39, 0.29) is 17.9 Å². The first-order valence-corrected chi connectivity index (χ1v) is 6.83. The van der Waals surface area contributed by atoms with Crippen molar-refractivity contribution in [3.8, 4) is 0 Å². The third-order valence-corrected chi connectivity index (χ3v) is 3.18. The molecule has 5 heteroatoms. The van der Waals surface area contributed by atoms with Crippen molar-refractivity contribution < 1.29 is 9.59 Å². The Kier molecular flexibility index (Phi) is 6.12. The molecule has 0 aromatic carbocycles. The standard InChI is InChI=1S/C13H25N3O2/c1-10(2)9-11(13(18)15-7-6-14)16-8-4-3-5-12(16)17/h10-11H,3-9,14H2,1-2H3,(H,15,18). The van der Waals surface area contributed by atoms with E-state index < -0.39 is 0 Å². The lowest BCUT2D eigenvalue weighted by molar-refractivity contribution is -0.143. The number of likely N-dealkylation sites (tertiary alicyclic amines) is 1. The van der Waals surface area contributed by atoms with Gasteiger partial charge in [0.25, 0.3) is 0 Å². The number of nitrogens with zero attached hydrogens (tertiary/aromatic N) is 1. The van der Waals surface area contributed by atoms with Gasteiger partial charge in [-0.3, -0.25) is 9.59 Å². The van der Waals surface area contributed by atoms with Gasteiger partial charge in [0.1, 0.15) is 6.04 Å². The molecule has 1 aliphatic heterocycles. The van der Waals surface area contributed by atoms with Crippen LogP contribution in [0, 0.1) is 5.92 Å². The molecular weight excluding hydrogens is 230 g/mol. The minimum atomic E-state index is -0.329. The van der Waals surface area contributed by atoms with E-state index in [4.69, 9.17) is 5.73 Å². The van der Waals surface area contributed by atoms with Crippen LogP contribution in [0.25, 0.3) is 0 Å². The maximum absolute atomic E-state index is 12.1. The fourth-order valence-electron chi connectivity index (χ4n) is 2.29. The highest BCUT2D eigenvalue weighted by molar-refractivity contribution is 5.88. The van der Waals surface area contributed by atoms with Gasteiger partial charge in [-0.2, -0.15) is 0 Å². The Bertz CT molecular complexity index is 292. The van der Waals surface area contributed by atoms with E-state index in [2.05, 4.69) is 19.2 Å². The highest BCUT2D eigenvalue weighted by Crippen LogP contribution is 2.18. The smallest absolute Gasteiger partial charge is 0.242 e. The van der Waals surface area contributed by atoms with E-state index in [1.54, 1.807) is 4.90 Å². The van der Waals surface area contributed by atoms with Gasteiger partial charge in [0, 0.05) is 26.1 Å². The fourth-order valence-corrected chi connectivity index (χ4v) is 2.29. The van der Waals surface area contributed by atoms with Crippen LogP contribution in [0.4, 0.5) is 0 Å². The summed E-state index contributed by atoms with van der Waals surface area (Å²) in [5.41, 5.74) is 5.39. The topological polar surface area (TPSA) is 75.4 Å². The second-order valence-electron chi connectivity index (χ2n) is 5.27. The molecule has 0 aromatic rings. The van der Waals surface area contributed by atoms with Gasteiger partial charge >= 0.3 is 0 Å². The van der Waals surface area contributed by atoms with Crippen LogP contribution in [0.3, 0.4) is 0 Å². The van der Waals surface area contributed by atoms with Gasteiger partial charge < -0.3 is 16.0 Å². The predicted octanol–water partition coefficient (Wildman–Crippen LogP) is 0.489. The molecule has 0 aromatic heterocycles. The van der Waals surface area contributed by atoms with Crippen molar-refractivity contribution in [2.45, 2.75) is 45.6 Å². The maximum atomic E-state index is 12.1. The molecule has 1 rings (SSSR count). The zero-order chi connectivity index (χ0) is 13.5. The molecule has 1 saturated heterocycles. The molecule has 1 atom stereocenters. The second kappa shape index (κ2) is 7.36. The van der Waals surface area contributed by atoms with Crippen molar-refractivity contribution in [2.75, 3.05) is 19.6 Å². The van der Waals surface area contributed by atoms with Crippen molar-refractivity contribution in [3.05, 3.63) is 0 Å². The molecule has 0 saturated carbocycles. The lowest BCUT2D eigenvalue weighted by Crippen LogP contribution is -2.52. The van der Waals surface area contributed by atoms with Crippen LogP contribution in [-0.4, -0.2) is 42.4 Å². The van der Waals surface area contributed by atoms with Crippen LogP contribution >= 0.6 is 0 Å². The van der Waals surface area contributed by atoms with Crippen molar-refractivity contribution >= 4 is 11.8 Å². The molecular formula is C13H25N3O2. The van der Waals surface area contributed by atoms with E-state index in [0.717, 1.165) is 12.8 Å². The molecule has 1 aliphatic rings. The summed E-state index contributed by atoms with van der Waals surface area (Å²) >= 11 is 0. The van der Waals surface area contributed by atoms with Crippen LogP contribution in [0.15, 0.2) is 0 Å². The minimum absolute atomic E-state index is 0.0654. The SMILES string of the molecule is CC(C)CC(C(=O)NCCN)N1CCCCC1=O. The zero-order valence-electron chi connectivity index (χ0n) is 11.4. The van der Waals surface area contributed by atoms with E-state index in [0.29, 0.717) is 38.4 Å². The lowest BCUT2D eigenvalue weighted by Gasteiger charge is -2.34. The lowest BCUT2D eigenvalue weighted by atomic mass is 9.98. The second-order valence-corrected chi connectivity index (χ2v) is 5.27. The molecule has 1 fully saturated rings. The molecule has 1 heterocycles. The molecule has 2 amide bonds. The molecule has 18 heavy (non-hydrogen) atoms. The number of hydrogen-bond donors (Lipinski definition) is 2. The molecule has 104 valence electrons. The molecule has 1 unspecified atom stereocenters. The zero-order valence-corrected chi connectivity index (χ0v) is 11.4. The summed E-state index contributed by atoms with van der Waals surface area (Å²) in [5.74, 6) is 0.424. The van der Waals surface area contributed by atoms with E-state index in [1.807, 2.05) is 0 Å². The normalized spacial score (nSPS) is 18.0. The summed E-state index contributed by atoms with van der Waals surface area (Å²) in [4.78, 5) is 25.8. The highest BCUT2D eigenvalue weighted by Gasteiger charge is 2.31. The highest BCUT2D eigenvalue weighted by atomic mass is 16.2. The molecule has 5 nitrogen and oxygen atoms in total. The van der Waals surface area contributed by atoms with Gasteiger partial charge in [-0.1, -0.05) is 13.8 Å². The van der Waals surface area contributed by atoms with Gasteiger partial charge in [0.15, 0.2) is 0 Å². The molecule has 0 aliphatic carbocycles. The Labute approximate surface area is 109 Å². The third-order valence-electron chi connectivity index (χ3n) is 3.18. The number of hydrogen-bond acceptors (Lipinski definition) is 3.